The van der Waals surface area contributed by atoms with Crippen LogP contribution in [0, 0.1) is 5.41 Å². The van der Waals surface area contributed by atoms with Crippen molar-refractivity contribution >= 4 is 77.7 Å². The van der Waals surface area contributed by atoms with Crippen molar-refractivity contribution in [1.82, 2.24) is 14.5 Å². The number of rotatable bonds is 17. The average molecular weight is 1010 g/mol. The number of likely N-dealkylation sites (tertiary alicyclic amines) is 1. The van der Waals surface area contributed by atoms with Crippen LogP contribution in [0.1, 0.15) is 68.8 Å². The van der Waals surface area contributed by atoms with Gasteiger partial charge >= 0.3 is 4.71 Å². The Morgan fingerprint density at radius 3 is 2.27 bits per heavy atom. The number of benzene rings is 4. The number of carbonyl (C=O) groups excluding carboxylic acids is 1. The molecule has 0 bridgehead atoms. The Hall–Kier alpha value is -3.74. The Kier molecular flexibility index (Phi) is 15.9. The van der Waals surface area contributed by atoms with Gasteiger partial charge in [0.05, 0.1) is 21.6 Å². The second-order valence-electron chi connectivity index (χ2n) is 18.3. The van der Waals surface area contributed by atoms with Crippen LogP contribution in [0.5, 0.6) is 0 Å². The SMILES string of the molecule is CC1CC(O)CN1CC[C@H](CSc1ccccc1)Nc1ccc(S(=O)(=O)NC(=O)c2ccc(N3CCN(CC4=C(c5ccc(Cl)cc5)CCC(C)(C)C4)CC3)cc2)cc1S(=O)(=O)C(F)(F)Cl. The van der Waals surface area contributed by atoms with Crippen LogP contribution in [0.2, 0.25) is 5.02 Å². The molecule has 2 unspecified atom stereocenters. The zero-order valence-electron chi connectivity index (χ0n) is 37.2. The molecule has 4 aromatic rings. The summed E-state index contributed by atoms with van der Waals surface area (Å²) >= 11 is 12.8. The minimum Gasteiger partial charge on any atom is -0.392 e. The Morgan fingerprint density at radius 1 is 0.955 bits per heavy atom. The maximum absolute atomic E-state index is 14.6. The molecule has 2 aliphatic heterocycles. The lowest BCUT2D eigenvalue weighted by Crippen LogP contribution is -2.47. The van der Waals surface area contributed by atoms with E-state index in [-0.39, 0.29) is 22.7 Å². The molecule has 2 heterocycles. The molecule has 0 saturated carbocycles. The van der Waals surface area contributed by atoms with Gasteiger partial charge in [-0.1, -0.05) is 61.4 Å². The molecule has 66 heavy (non-hydrogen) atoms. The molecule has 1 amide bonds. The molecule has 7 rings (SSSR count). The van der Waals surface area contributed by atoms with Crippen molar-refractivity contribution < 1.29 is 35.5 Å². The van der Waals surface area contributed by atoms with Gasteiger partial charge in [0.2, 0.25) is 0 Å². The number of sulfone groups is 1. The first-order valence-electron chi connectivity index (χ1n) is 22.1. The average Bonchev–Trinajstić information content (AvgIpc) is 3.60. The van der Waals surface area contributed by atoms with Gasteiger partial charge in [0.25, 0.3) is 25.8 Å². The number of hydrogen-bond acceptors (Lipinski definition) is 11. The number of halogens is 4. The number of amides is 1. The number of β-amino-alcohol motifs (C(OH)–C–C–N with tert-alkyl or cyclic N) is 1. The van der Waals surface area contributed by atoms with Crippen molar-refractivity contribution in [3.63, 3.8) is 0 Å². The quantitative estimate of drug-likeness (QED) is 0.0690. The molecule has 0 aromatic heterocycles. The summed E-state index contributed by atoms with van der Waals surface area (Å²) in [6.45, 7) is 11.6. The monoisotopic (exact) mass is 1000 g/mol. The van der Waals surface area contributed by atoms with Crippen LogP contribution in [0.3, 0.4) is 0 Å². The summed E-state index contributed by atoms with van der Waals surface area (Å²) in [7, 11) is -10.4. The van der Waals surface area contributed by atoms with Gasteiger partial charge < -0.3 is 15.3 Å². The van der Waals surface area contributed by atoms with E-state index in [1.807, 2.05) is 54.1 Å². The number of allylic oxidation sites excluding steroid dienone is 1. The first-order valence-corrected chi connectivity index (χ1v) is 26.8. The van der Waals surface area contributed by atoms with Gasteiger partial charge in [-0.05, 0) is 134 Å². The zero-order chi connectivity index (χ0) is 47.4. The van der Waals surface area contributed by atoms with Crippen molar-refractivity contribution in [2.45, 2.75) is 90.5 Å². The highest BCUT2D eigenvalue weighted by Gasteiger charge is 2.46. The number of sulfonamides is 1. The normalized spacial score (nSPS) is 20.3. The predicted octanol–water partition coefficient (Wildman–Crippen LogP) is 9.23. The smallest absolute Gasteiger partial charge is 0.392 e. The number of piperazine rings is 1. The number of thioether (sulfide) groups is 1. The summed E-state index contributed by atoms with van der Waals surface area (Å²) in [5.41, 5.74) is 4.92. The van der Waals surface area contributed by atoms with Gasteiger partial charge in [-0.3, -0.25) is 14.6 Å². The van der Waals surface area contributed by atoms with Gasteiger partial charge in [-0.2, -0.15) is 8.78 Å². The Balaban J connectivity index is 1.02. The first kappa shape index (κ1) is 50.1. The minimum absolute atomic E-state index is 0.0274. The lowest BCUT2D eigenvalue weighted by Gasteiger charge is -2.39. The topological polar surface area (TPSA) is 139 Å². The van der Waals surface area contributed by atoms with Gasteiger partial charge in [0, 0.05) is 84.8 Å². The maximum atomic E-state index is 14.6. The highest BCUT2D eigenvalue weighted by Crippen LogP contribution is 2.43. The zero-order valence-corrected chi connectivity index (χ0v) is 41.2. The van der Waals surface area contributed by atoms with Gasteiger partial charge in [-0.25, -0.2) is 21.6 Å². The summed E-state index contributed by atoms with van der Waals surface area (Å²) in [6, 6.07) is 26.4. The van der Waals surface area contributed by atoms with E-state index in [0.29, 0.717) is 37.8 Å². The van der Waals surface area contributed by atoms with Crippen LogP contribution in [0.15, 0.2) is 117 Å². The number of nitrogens with one attached hydrogen (secondary N) is 2. The van der Waals surface area contributed by atoms with E-state index in [1.165, 1.54) is 40.6 Å². The van der Waals surface area contributed by atoms with Crippen LogP contribution >= 0.6 is 35.0 Å². The standard InChI is InChI=1S/C48H57Cl2F2N5O6S3/c1-33-27-40(58)31-57(33)22-20-38(32-64-41-7-5-4-6-8-41)53-44-18-17-42(28-45(44)65(60,61)48(50,51)52)66(62,63)54-46(59)35-11-15-39(16-12-35)56-25-23-55(24-26-56)30-36-29-47(2,3)21-19-43(36)34-9-13-37(49)14-10-34/h4-18,28,33,38,40,53,58H,19-27,29-32H2,1-3H3,(H,54,59)/t33?,38-,40?/m1/s1. The molecule has 11 nitrogen and oxygen atoms in total. The van der Waals surface area contributed by atoms with Gasteiger partial charge in [0.15, 0.2) is 0 Å². The fourth-order valence-electron chi connectivity index (χ4n) is 9.03. The minimum atomic E-state index is -5.65. The summed E-state index contributed by atoms with van der Waals surface area (Å²) < 4.78 is 80.4. The fraction of sp³-hybridized carbons (Fsp3) is 0.438. The summed E-state index contributed by atoms with van der Waals surface area (Å²) in [4.78, 5) is 19.3. The van der Waals surface area contributed by atoms with Gasteiger partial charge in [0.1, 0.15) is 0 Å². The molecular formula is C48H57Cl2F2N5O6S3. The molecule has 3 N–H and O–H groups in total. The van der Waals surface area contributed by atoms with E-state index < -0.39 is 52.4 Å². The number of carbonyl (C=O) groups is 1. The summed E-state index contributed by atoms with van der Waals surface area (Å²) in [6.07, 6.45) is 3.73. The molecule has 1 aliphatic carbocycles. The van der Waals surface area contributed by atoms with Crippen LogP contribution in [-0.4, -0.2) is 112 Å². The van der Waals surface area contributed by atoms with E-state index in [2.05, 4.69) is 46.0 Å². The molecule has 356 valence electrons. The largest absolute Gasteiger partial charge is 0.427 e. The molecule has 2 saturated heterocycles. The van der Waals surface area contributed by atoms with Crippen molar-refractivity contribution in [3.8, 4) is 0 Å². The van der Waals surface area contributed by atoms with E-state index in [0.717, 1.165) is 79.7 Å². The number of hydrogen-bond donors (Lipinski definition) is 3. The fourth-order valence-corrected chi connectivity index (χ4v) is 12.4. The molecule has 2 fully saturated rings. The van der Waals surface area contributed by atoms with E-state index in [1.54, 1.807) is 12.1 Å². The molecule has 0 spiro atoms. The van der Waals surface area contributed by atoms with Crippen LogP contribution in [0.25, 0.3) is 5.57 Å². The molecule has 0 radical (unpaired) electrons. The van der Waals surface area contributed by atoms with Crippen molar-refractivity contribution in [2.75, 3.05) is 61.8 Å². The maximum Gasteiger partial charge on any atom is 0.427 e. The number of alkyl halides is 3. The first-order chi connectivity index (χ1) is 31.2. The van der Waals surface area contributed by atoms with E-state index in [9.17, 15) is 35.5 Å². The van der Waals surface area contributed by atoms with Crippen LogP contribution in [0.4, 0.5) is 20.2 Å². The highest BCUT2D eigenvalue weighted by molar-refractivity contribution is 7.99. The summed E-state index contributed by atoms with van der Waals surface area (Å²) in [5, 5.41) is 14.0. The lowest BCUT2D eigenvalue weighted by molar-refractivity contribution is 0.0981. The van der Waals surface area contributed by atoms with Gasteiger partial charge in [-0.15, -0.1) is 11.8 Å². The van der Waals surface area contributed by atoms with E-state index >= 15 is 0 Å². The molecule has 4 aromatic carbocycles. The van der Waals surface area contributed by atoms with E-state index in [4.69, 9.17) is 23.2 Å². The number of aliphatic hydroxyl groups is 1. The highest BCUT2D eigenvalue weighted by atomic mass is 35.5. The third-order valence-corrected chi connectivity index (χ3v) is 17.6. The van der Waals surface area contributed by atoms with Crippen molar-refractivity contribution in [3.05, 3.63) is 119 Å². The Labute approximate surface area is 401 Å². The van der Waals surface area contributed by atoms with Crippen LogP contribution in [-0.2, 0) is 19.9 Å². The number of nitrogens with zero attached hydrogens (tertiary/aromatic N) is 3. The van der Waals surface area contributed by atoms with Crippen molar-refractivity contribution in [1.29, 1.82) is 0 Å². The number of aliphatic hydroxyl groups excluding tert-OH is 1. The lowest BCUT2D eigenvalue weighted by atomic mass is 9.73. The molecule has 18 heteroatoms. The second-order valence-corrected chi connectivity index (χ2v) is 24.1. The van der Waals surface area contributed by atoms with Crippen molar-refractivity contribution in [2.24, 2.45) is 5.41 Å². The number of anilines is 2. The third-order valence-electron chi connectivity index (χ3n) is 12.7. The Bertz CT molecular complexity index is 2590. The molecule has 3 atom stereocenters. The Morgan fingerprint density at radius 2 is 1.64 bits per heavy atom. The second kappa shape index (κ2) is 20.9. The third kappa shape index (κ3) is 12.5. The van der Waals surface area contributed by atoms with Crippen LogP contribution < -0.4 is 14.9 Å². The summed E-state index contributed by atoms with van der Waals surface area (Å²) in [5.74, 6) is -0.597. The predicted molar refractivity (Wildman–Crippen MR) is 261 cm³/mol. The molecular weight excluding hydrogens is 948 g/mol. The molecule has 3 aliphatic rings.